The number of aromatic hydroxyl groups is 1. The first-order valence-corrected chi connectivity index (χ1v) is 10.3. The quantitative estimate of drug-likeness (QED) is 0.410. The highest BCUT2D eigenvalue weighted by Crippen LogP contribution is 2.30. The molecule has 3 rings (SSSR count). The van der Waals surface area contributed by atoms with Gasteiger partial charge in [-0.25, -0.2) is 0 Å². The van der Waals surface area contributed by atoms with Crippen LogP contribution >= 0.6 is 11.3 Å². The van der Waals surface area contributed by atoms with Crippen molar-refractivity contribution in [2.45, 2.75) is 25.7 Å². The van der Waals surface area contributed by atoms with E-state index in [1.165, 1.54) is 22.0 Å². The molecule has 0 atom stereocenters. The van der Waals surface area contributed by atoms with Gasteiger partial charge in [0.05, 0.1) is 11.5 Å². The zero-order valence-electron chi connectivity index (χ0n) is 16.5. The van der Waals surface area contributed by atoms with Gasteiger partial charge in [0.1, 0.15) is 11.3 Å². The highest BCUT2D eigenvalue weighted by Gasteiger charge is 2.24. The van der Waals surface area contributed by atoms with Gasteiger partial charge >= 0.3 is 0 Å². The van der Waals surface area contributed by atoms with Gasteiger partial charge in [-0.1, -0.05) is 0 Å². The van der Waals surface area contributed by atoms with Crippen molar-refractivity contribution in [3.8, 4) is 5.75 Å². The summed E-state index contributed by atoms with van der Waals surface area (Å²) in [4.78, 5) is 38.5. The molecule has 2 heterocycles. The van der Waals surface area contributed by atoms with Gasteiger partial charge in [-0.3, -0.25) is 14.4 Å². The third kappa shape index (κ3) is 4.49. The summed E-state index contributed by atoms with van der Waals surface area (Å²) in [6, 6.07) is 3.40. The number of pyridine rings is 1. The normalized spacial score (nSPS) is 13.4. The number of rotatable bonds is 7. The van der Waals surface area contributed by atoms with Crippen LogP contribution in [0.2, 0.25) is 0 Å². The average Bonchev–Trinajstić information content (AvgIpc) is 3.20. The summed E-state index contributed by atoms with van der Waals surface area (Å²) < 4.78 is 6.37. The second kappa shape index (κ2) is 9.19. The molecule has 2 aromatic heterocycles. The topological polar surface area (TPSA) is 97.6 Å². The van der Waals surface area contributed by atoms with E-state index in [0.717, 1.165) is 25.0 Å². The van der Waals surface area contributed by atoms with Crippen molar-refractivity contribution >= 4 is 29.1 Å². The lowest BCUT2D eigenvalue weighted by Crippen LogP contribution is -2.29. The number of methoxy groups -OCH3 is 1. The molecule has 7 nitrogen and oxygen atoms in total. The van der Waals surface area contributed by atoms with Crippen LogP contribution in [0.25, 0.3) is 6.08 Å². The molecular weight excluding hydrogens is 392 g/mol. The number of thiophene rings is 1. The number of hydrogen-bond donors (Lipinski definition) is 2. The molecule has 1 amide bonds. The molecule has 0 aromatic carbocycles. The van der Waals surface area contributed by atoms with Crippen LogP contribution in [-0.4, -0.2) is 41.6 Å². The smallest absolute Gasteiger partial charge is 0.265 e. The van der Waals surface area contributed by atoms with Crippen molar-refractivity contribution in [1.29, 1.82) is 0 Å². The van der Waals surface area contributed by atoms with Crippen molar-refractivity contribution in [2.24, 2.45) is 7.05 Å². The summed E-state index contributed by atoms with van der Waals surface area (Å²) in [7, 11) is 3.20. The molecule has 1 aliphatic carbocycles. The molecule has 0 radical (unpaired) electrons. The van der Waals surface area contributed by atoms with Crippen LogP contribution in [0.5, 0.6) is 5.75 Å². The predicted octanol–water partition coefficient (Wildman–Crippen LogP) is 2.30. The van der Waals surface area contributed by atoms with Crippen LogP contribution in [-0.2, 0) is 24.6 Å². The zero-order valence-corrected chi connectivity index (χ0v) is 17.3. The third-order valence-electron chi connectivity index (χ3n) is 4.97. The number of carbonyl (C=O) groups excluding carboxylic acids is 2. The van der Waals surface area contributed by atoms with Crippen LogP contribution in [0.4, 0.5) is 0 Å². The van der Waals surface area contributed by atoms with E-state index in [2.05, 4.69) is 5.32 Å². The number of carbonyl (C=O) groups is 2. The maximum Gasteiger partial charge on any atom is 0.265 e. The summed E-state index contributed by atoms with van der Waals surface area (Å²) in [5, 5.41) is 13.3. The second-order valence-electron chi connectivity index (χ2n) is 6.87. The van der Waals surface area contributed by atoms with Gasteiger partial charge in [-0.05, 0) is 50.0 Å². The molecule has 0 fully saturated rings. The Bertz CT molecular complexity index is 1020. The first-order chi connectivity index (χ1) is 13.9. The van der Waals surface area contributed by atoms with Gasteiger partial charge in [-0.2, -0.15) is 0 Å². The van der Waals surface area contributed by atoms with Crippen LogP contribution in [0.3, 0.4) is 0 Å². The predicted molar refractivity (Wildman–Crippen MR) is 112 cm³/mol. The van der Waals surface area contributed by atoms with Crippen molar-refractivity contribution in [2.75, 3.05) is 20.3 Å². The number of nitrogens with zero attached hydrogens (tertiary/aromatic N) is 1. The van der Waals surface area contributed by atoms with Crippen LogP contribution in [0, 0.1) is 0 Å². The number of amides is 1. The van der Waals surface area contributed by atoms with E-state index in [4.69, 9.17) is 4.74 Å². The van der Waals surface area contributed by atoms with E-state index in [9.17, 15) is 19.5 Å². The molecule has 2 N–H and O–H groups in total. The Hall–Kier alpha value is -2.71. The summed E-state index contributed by atoms with van der Waals surface area (Å²) in [6.07, 6.45) is 6.09. The molecule has 2 aromatic rings. The van der Waals surface area contributed by atoms with Gasteiger partial charge < -0.3 is 19.7 Å². The Morgan fingerprint density at radius 2 is 2.07 bits per heavy atom. The van der Waals surface area contributed by atoms with Crippen molar-refractivity contribution in [1.82, 2.24) is 9.88 Å². The molecule has 0 aliphatic heterocycles. The number of hydrogen-bond acceptors (Lipinski definition) is 6. The molecular formula is C21H24N2O5S. The largest absolute Gasteiger partial charge is 0.507 e. The van der Waals surface area contributed by atoms with E-state index < -0.39 is 11.3 Å². The molecule has 0 saturated carbocycles. The number of ether oxygens (including phenoxy) is 1. The monoisotopic (exact) mass is 416 g/mol. The third-order valence-corrected chi connectivity index (χ3v) is 6.02. The summed E-state index contributed by atoms with van der Waals surface area (Å²) >= 11 is 1.23. The van der Waals surface area contributed by atoms with Gasteiger partial charge in [0, 0.05) is 36.8 Å². The SMILES string of the molecule is COCCNC(=O)c1ccc(/C=C/C(=O)c2c(O)c3c(n(C)c2=O)CCCC3)s1. The van der Waals surface area contributed by atoms with Gasteiger partial charge in [0.15, 0.2) is 5.78 Å². The minimum atomic E-state index is -0.545. The highest BCUT2D eigenvalue weighted by atomic mass is 32.1. The molecule has 29 heavy (non-hydrogen) atoms. The van der Waals surface area contributed by atoms with Crippen molar-refractivity contribution in [3.05, 3.63) is 55.1 Å². The van der Waals surface area contributed by atoms with Crippen molar-refractivity contribution < 1.29 is 19.4 Å². The summed E-state index contributed by atoms with van der Waals surface area (Å²) in [6.45, 7) is 0.843. The molecule has 0 spiro atoms. The lowest BCUT2D eigenvalue weighted by atomic mass is 9.92. The Morgan fingerprint density at radius 1 is 1.31 bits per heavy atom. The van der Waals surface area contributed by atoms with E-state index in [1.807, 2.05) is 0 Å². The fourth-order valence-electron chi connectivity index (χ4n) is 3.44. The van der Waals surface area contributed by atoms with Crippen LogP contribution < -0.4 is 10.9 Å². The van der Waals surface area contributed by atoms with Crippen molar-refractivity contribution in [3.63, 3.8) is 0 Å². The number of allylic oxidation sites excluding steroid dienone is 1. The van der Waals surface area contributed by atoms with E-state index in [0.29, 0.717) is 34.9 Å². The Labute approximate surface area is 172 Å². The standard InChI is InChI=1S/C21H24N2O5S/c1-23-15-6-4-3-5-14(15)19(25)18(21(23)27)16(24)9-7-13-8-10-17(29-13)20(26)22-11-12-28-2/h7-10,25H,3-6,11-12H2,1-2H3,(H,22,26)/b9-7+. The number of fused-ring (bicyclic) bond motifs is 1. The molecule has 8 heteroatoms. The first kappa shape index (κ1) is 21.0. The molecule has 0 saturated heterocycles. The summed E-state index contributed by atoms with van der Waals surface area (Å²) in [5.41, 5.74) is 0.823. The lowest BCUT2D eigenvalue weighted by molar-refractivity contribution is 0.0940. The molecule has 154 valence electrons. The average molecular weight is 416 g/mol. The van der Waals surface area contributed by atoms with E-state index >= 15 is 0 Å². The highest BCUT2D eigenvalue weighted by molar-refractivity contribution is 7.14. The minimum absolute atomic E-state index is 0.193. The Balaban J connectivity index is 1.79. The van der Waals surface area contributed by atoms with Crippen LogP contribution in [0.15, 0.2) is 23.0 Å². The van der Waals surface area contributed by atoms with E-state index in [1.54, 1.807) is 32.4 Å². The van der Waals surface area contributed by atoms with Gasteiger partial charge in [0.25, 0.3) is 11.5 Å². The van der Waals surface area contributed by atoms with Gasteiger partial charge in [-0.15, -0.1) is 11.3 Å². The maximum atomic E-state index is 12.7. The second-order valence-corrected chi connectivity index (χ2v) is 7.98. The molecule has 0 unspecified atom stereocenters. The Kier molecular flexibility index (Phi) is 6.66. The Morgan fingerprint density at radius 3 is 2.83 bits per heavy atom. The number of nitrogens with one attached hydrogen (secondary N) is 1. The zero-order chi connectivity index (χ0) is 21.0. The lowest BCUT2D eigenvalue weighted by Gasteiger charge is -2.21. The molecule has 1 aliphatic rings. The van der Waals surface area contributed by atoms with Crippen LogP contribution in [0.1, 0.15) is 49.0 Å². The summed E-state index contributed by atoms with van der Waals surface area (Å²) in [5.74, 6) is -0.947. The van der Waals surface area contributed by atoms with Gasteiger partial charge in [0.2, 0.25) is 0 Å². The van der Waals surface area contributed by atoms with E-state index in [-0.39, 0.29) is 17.2 Å². The molecule has 0 bridgehead atoms. The fraction of sp³-hybridized carbons (Fsp3) is 0.381. The maximum absolute atomic E-state index is 12.7. The first-order valence-electron chi connectivity index (χ1n) is 9.47. The minimum Gasteiger partial charge on any atom is -0.507 e. The number of aromatic nitrogens is 1. The number of ketones is 1. The fourth-order valence-corrected chi connectivity index (χ4v) is 4.27.